The van der Waals surface area contributed by atoms with Crippen LogP contribution in [0.25, 0.3) is 0 Å². The average molecular weight is 362 g/mol. The van der Waals surface area contributed by atoms with Gasteiger partial charge in [0.1, 0.15) is 5.82 Å². The smallest absolute Gasteiger partial charge is 0.352 e. The molecular weight excluding hydrogens is 340 g/mol. The highest BCUT2D eigenvalue weighted by atomic mass is 19.4. The number of nitrogens with zero attached hydrogens (tertiary/aromatic N) is 1. The van der Waals surface area contributed by atoms with Gasteiger partial charge in [0.25, 0.3) is 0 Å². The van der Waals surface area contributed by atoms with E-state index in [4.69, 9.17) is 0 Å². The van der Waals surface area contributed by atoms with Crippen LogP contribution in [-0.4, -0.2) is 31.0 Å². The summed E-state index contributed by atoms with van der Waals surface area (Å²) < 4.78 is 51.9. The van der Waals surface area contributed by atoms with Crippen molar-refractivity contribution in [2.45, 2.75) is 39.0 Å². The third-order valence-corrected chi connectivity index (χ3v) is 2.98. The zero-order valence-corrected chi connectivity index (χ0v) is 14.5. The molecule has 0 heterocycles. The van der Waals surface area contributed by atoms with Gasteiger partial charge in [0.15, 0.2) is 5.96 Å². The fourth-order valence-electron chi connectivity index (χ4n) is 1.99. The van der Waals surface area contributed by atoms with E-state index in [0.717, 1.165) is 12.1 Å². The van der Waals surface area contributed by atoms with Gasteiger partial charge in [-0.05, 0) is 38.5 Å². The van der Waals surface area contributed by atoms with Gasteiger partial charge in [0, 0.05) is 19.1 Å². The zero-order chi connectivity index (χ0) is 19.3. The molecule has 1 amide bonds. The molecule has 0 radical (unpaired) electrons. The average Bonchev–Trinajstić information content (AvgIpc) is 2.45. The van der Waals surface area contributed by atoms with Crippen LogP contribution in [0.3, 0.4) is 0 Å². The second-order valence-corrected chi connectivity index (χ2v) is 6.38. The topological polar surface area (TPSA) is 65.5 Å². The lowest BCUT2D eigenvalue weighted by molar-refractivity contribution is -0.138. The molecule has 3 N–H and O–H groups in total. The lowest BCUT2D eigenvalue weighted by atomic mass is 10.1. The van der Waals surface area contributed by atoms with E-state index in [1.165, 1.54) is 7.05 Å². The van der Waals surface area contributed by atoms with Crippen LogP contribution >= 0.6 is 0 Å². The fourth-order valence-corrected chi connectivity index (χ4v) is 1.99. The monoisotopic (exact) mass is 362 g/mol. The van der Waals surface area contributed by atoms with E-state index in [0.29, 0.717) is 6.07 Å². The molecule has 5 nitrogen and oxygen atoms in total. The molecular formula is C16H22F4N4O. The summed E-state index contributed by atoms with van der Waals surface area (Å²) >= 11 is 0. The van der Waals surface area contributed by atoms with E-state index in [1.54, 1.807) is 0 Å². The predicted molar refractivity (Wildman–Crippen MR) is 87.5 cm³/mol. The van der Waals surface area contributed by atoms with Gasteiger partial charge in [0.05, 0.1) is 12.1 Å². The number of amides is 1. The second kappa shape index (κ2) is 8.17. The molecule has 0 atom stereocenters. The van der Waals surface area contributed by atoms with E-state index >= 15 is 0 Å². The summed E-state index contributed by atoms with van der Waals surface area (Å²) in [5, 5.41) is 8.11. The highest BCUT2D eigenvalue weighted by Gasteiger charge is 2.33. The molecule has 25 heavy (non-hydrogen) atoms. The molecule has 0 fully saturated rings. The van der Waals surface area contributed by atoms with Gasteiger partial charge >= 0.3 is 6.18 Å². The first kappa shape index (κ1) is 20.7. The minimum atomic E-state index is -4.66. The van der Waals surface area contributed by atoms with Gasteiger partial charge in [-0.25, -0.2) is 4.39 Å². The lowest BCUT2D eigenvalue weighted by Crippen LogP contribution is -2.48. The number of carbonyl (C=O) groups excluding carboxylic acids is 1. The molecule has 0 bridgehead atoms. The molecule has 9 heteroatoms. The molecule has 0 saturated heterocycles. The van der Waals surface area contributed by atoms with Crippen molar-refractivity contribution in [1.82, 2.24) is 16.0 Å². The first-order chi connectivity index (χ1) is 11.4. The summed E-state index contributed by atoms with van der Waals surface area (Å²) in [6, 6.07) is 2.47. The summed E-state index contributed by atoms with van der Waals surface area (Å²) in [6.45, 7) is 5.16. The molecule has 0 aliphatic heterocycles. The summed E-state index contributed by atoms with van der Waals surface area (Å²) in [6.07, 6.45) is -4.66. The van der Waals surface area contributed by atoms with Gasteiger partial charge in [-0.2, -0.15) is 13.2 Å². The van der Waals surface area contributed by atoms with E-state index in [9.17, 15) is 22.4 Å². The van der Waals surface area contributed by atoms with Crippen LogP contribution in [0.2, 0.25) is 0 Å². The highest BCUT2D eigenvalue weighted by Crippen LogP contribution is 2.32. The Balaban J connectivity index is 2.69. The molecule has 0 unspecified atom stereocenters. The van der Waals surface area contributed by atoms with E-state index < -0.39 is 23.1 Å². The van der Waals surface area contributed by atoms with Crippen LogP contribution in [0, 0.1) is 5.82 Å². The minimum Gasteiger partial charge on any atom is -0.352 e. The summed E-state index contributed by atoms with van der Waals surface area (Å²) in [5.74, 6) is -1.09. The number of halogens is 4. The minimum absolute atomic E-state index is 0.0908. The third kappa shape index (κ3) is 7.40. The third-order valence-electron chi connectivity index (χ3n) is 2.98. The first-order valence-corrected chi connectivity index (χ1v) is 7.53. The Morgan fingerprint density at radius 3 is 2.32 bits per heavy atom. The van der Waals surface area contributed by atoms with Crippen molar-refractivity contribution in [1.29, 1.82) is 0 Å². The van der Waals surface area contributed by atoms with Crippen molar-refractivity contribution in [3.05, 3.63) is 35.1 Å². The molecule has 1 rings (SSSR count). The molecule has 140 valence electrons. The number of guanidine groups is 1. The lowest BCUT2D eigenvalue weighted by Gasteiger charge is -2.21. The van der Waals surface area contributed by atoms with Crippen LogP contribution in [0.5, 0.6) is 0 Å². The SMILES string of the molecule is CN=C(NCC(=O)NC(C)(C)C)NCc1ccc(F)cc1C(F)(F)F. The van der Waals surface area contributed by atoms with E-state index in [-0.39, 0.29) is 30.5 Å². The van der Waals surface area contributed by atoms with Crippen molar-refractivity contribution in [3.63, 3.8) is 0 Å². The zero-order valence-electron chi connectivity index (χ0n) is 14.5. The molecule has 0 aliphatic carbocycles. The van der Waals surface area contributed by atoms with E-state index in [2.05, 4.69) is 20.9 Å². The maximum Gasteiger partial charge on any atom is 0.416 e. The van der Waals surface area contributed by atoms with Crippen molar-refractivity contribution in [2.24, 2.45) is 4.99 Å². The number of alkyl halides is 3. The number of carbonyl (C=O) groups is 1. The summed E-state index contributed by atoms with van der Waals surface area (Å²) in [5.41, 5.74) is -1.58. The number of nitrogens with one attached hydrogen (secondary N) is 3. The van der Waals surface area contributed by atoms with Crippen LogP contribution < -0.4 is 16.0 Å². The number of rotatable bonds is 4. The summed E-state index contributed by atoms with van der Waals surface area (Å²) in [7, 11) is 1.42. The Kier molecular flexibility index (Phi) is 6.78. The molecule has 0 saturated carbocycles. The van der Waals surface area contributed by atoms with Crippen molar-refractivity contribution in [2.75, 3.05) is 13.6 Å². The van der Waals surface area contributed by atoms with Crippen molar-refractivity contribution < 1.29 is 22.4 Å². The maximum atomic E-state index is 13.1. The highest BCUT2D eigenvalue weighted by molar-refractivity contribution is 5.86. The Morgan fingerprint density at radius 2 is 1.80 bits per heavy atom. The van der Waals surface area contributed by atoms with Crippen molar-refractivity contribution in [3.8, 4) is 0 Å². The Hall–Kier alpha value is -2.32. The number of hydrogen-bond donors (Lipinski definition) is 3. The molecule has 0 spiro atoms. The standard InChI is InChI=1S/C16H22F4N4O/c1-15(2,3)24-13(25)9-23-14(21-4)22-8-10-5-6-11(17)7-12(10)16(18,19)20/h5-7H,8-9H2,1-4H3,(H,24,25)(H2,21,22,23). The van der Waals surface area contributed by atoms with Gasteiger partial charge in [-0.3, -0.25) is 9.79 Å². The first-order valence-electron chi connectivity index (χ1n) is 7.53. The van der Waals surface area contributed by atoms with Crippen LogP contribution in [0.15, 0.2) is 23.2 Å². The largest absolute Gasteiger partial charge is 0.416 e. The van der Waals surface area contributed by atoms with Gasteiger partial charge in [-0.15, -0.1) is 0 Å². The van der Waals surface area contributed by atoms with E-state index in [1.807, 2.05) is 20.8 Å². The Morgan fingerprint density at radius 1 is 1.16 bits per heavy atom. The molecule has 1 aromatic rings. The van der Waals surface area contributed by atoms with Crippen LogP contribution in [-0.2, 0) is 17.5 Å². The predicted octanol–water partition coefficient (Wildman–Crippen LogP) is 2.42. The normalized spacial score (nSPS) is 12.7. The molecule has 0 aromatic heterocycles. The van der Waals surface area contributed by atoms with Gasteiger partial charge in [0.2, 0.25) is 5.91 Å². The van der Waals surface area contributed by atoms with Crippen LogP contribution in [0.4, 0.5) is 17.6 Å². The van der Waals surface area contributed by atoms with Gasteiger partial charge < -0.3 is 16.0 Å². The van der Waals surface area contributed by atoms with Gasteiger partial charge in [-0.1, -0.05) is 6.07 Å². The summed E-state index contributed by atoms with van der Waals surface area (Å²) in [4.78, 5) is 15.6. The van der Waals surface area contributed by atoms with Crippen molar-refractivity contribution >= 4 is 11.9 Å². The number of hydrogen-bond acceptors (Lipinski definition) is 2. The maximum absolute atomic E-state index is 13.1. The number of benzene rings is 1. The quantitative estimate of drug-likeness (QED) is 0.438. The molecule has 1 aromatic carbocycles. The van der Waals surface area contributed by atoms with Crippen LogP contribution in [0.1, 0.15) is 31.9 Å². The molecule has 0 aliphatic rings. The Bertz CT molecular complexity index is 636. The number of aliphatic imine (C=N–C) groups is 1. The second-order valence-electron chi connectivity index (χ2n) is 6.38. The fraction of sp³-hybridized carbons (Fsp3) is 0.500. The Labute approximate surface area is 143 Å².